The molecule has 1 aromatic carbocycles. The van der Waals surface area contributed by atoms with E-state index in [1.165, 1.54) is 0 Å². The van der Waals surface area contributed by atoms with Crippen LogP contribution in [0.2, 0.25) is 10.0 Å². The Morgan fingerprint density at radius 2 is 2.07 bits per heavy atom. The summed E-state index contributed by atoms with van der Waals surface area (Å²) in [6.07, 6.45) is 0. The Balaban J connectivity index is 1.81. The minimum Gasteiger partial charge on any atom is -0.356 e. The summed E-state index contributed by atoms with van der Waals surface area (Å²) < 4.78 is 0. The molecule has 146 valence electrons. The first-order chi connectivity index (χ1) is 13.5. The number of hydrogen-bond donors (Lipinski definition) is 1. The van der Waals surface area contributed by atoms with E-state index in [1.807, 2.05) is 28.5 Å². The molecule has 0 bridgehead atoms. The molecule has 1 saturated heterocycles. The van der Waals surface area contributed by atoms with E-state index in [0.29, 0.717) is 29.7 Å². The molecule has 1 aliphatic rings. The molecule has 5 nitrogen and oxygen atoms in total. The minimum absolute atomic E-state index is 0.151. The minimum atomic E-state index is -0.548. The van der Waals surface area contributed by atoms with Crippen LogP contribution in [0.1, 0.15) is 11.8 Å². The highest BCUT2D eigenvalue weighted by atomic mass is 35.5. The number of rotatable bonds is 4. The first-order valence-electron chi connectivity index (χ1n) is 8.73. The fourth-order valence-electron chi connectivity index (χ4n) is 3.06. The van der Waals surface area contributed by atoms with Crippen molar-refractivity contribution < 1.29 is 9.59 Å². The Morgan fingerprint density at radius 1 is 1.25 bits per heavy atom. The van der Waals surface area contributed by atoms with Crippen molar-refractivity contribution in [3.05, 3.63) is 50.6 Å². The topological polar surface area (TPSA) is 52.7 Å². The molecule has 8 heteroatoms. The maximum absolute atomic E-state index is 13.0. The second-order valence-electron chi connectivity index (χ2n) is 6.23. The molecule has 0 unspecified atom stereocenters. The summed E-state index contributed by atoms with van der Waals surface area (Å²) in [5.41, 5.74) is 0.791. The quantitative estimate of drug-likeness (QED) is 0.748. The van der Waals surface area contributed by atoms with Gasteiger partial charge in [0.25, 0.3) is 5.91 Å². The van der Waals surface area contributed by atoms with Gasteiger partial charge in [0.1, 0.15) is 6.04 Å². The summed E-state index contributed by atoms with van der Waals surface area (Å²) in [6, 6.07) is 8.64. The highest BCUT2D eigenvalue weighted by molar-refractivity contribution is 7.09. The number of carbonyl (C=O) groups is 2. The van der Waals surface area contributed by atoms with Crippen LogP contribution in [0.5, 0.6) is 0 Å². The van der Waals surface area contributed by atoms with Gasteiger partial charge in [-0.15, -0.1) is 11.3 Å². The molecule has 28 heavy (non-hydrogen) atoms. The molecule has 3 rings (SSSR count). The highest BCUT2D eigenvalue weighted by Gasteiger charge is 2.34. The molecule has 1 aliphatic heterocycles. The summed E-state index contributed by atoms with van der Waals surface area (Å²) in [5, 5.41) is 5.81. The third-order valence-corrected chi connectivity index (χ3v) is 6.07. The van der Waals surface area contributed by atoms with Gasteiger partial charge in [0, 0.05) is 23.7 Å². The predicted molar refractivity (Wildman–Crippen MR) is 114 cm³/mol. The maximum Gasteiger partial charge on any atom is 0.298 e. The van der Waals surface area contributed by atoms with Crippen molar-refractivity contribution in [3.63, 3.8) is 0 Å². The van der Waals surface area contributed by atoms with Crippen molar-refractivity contribution in [2.24, 2.45) is 0 Å². The molecule has 0 radical (unpaired) electrons. The number of carbonyl (C=O) groups excluding carboxylic acids is 2. The Hall–Kier alpha value is -2.20. The average Bonchev–Trinajstić information content (AvgIpc) is 3.21. The molecular formula is C20H19Cl2N3O2S. The van der Waals surface area contributed by atoms with E-state index in [1.54, 1.807) is 35.3 Å². The number of benzene rings is 1. The average molecular weight is 436 g/mol. The molecule has 1 N–H and O–H groups in total. The van der Waals surface area contributed by atoms with Gasteiger partial charge in [-0.25, -0.2) is 0 Å². The fourth-order valence-corrected chi connectivity index (χ4v) is 3.99. The Bertz CT molecular complexity index is 921. The number of amides is 2. The molecule has 2 aromatic rings. The van der Waals surface area contributed by atoms with Gasteiger partial charge in [-0.05, 0) is 42.5 Å². The third-order valence-electron chi connectivity index (χ3n) is 4.45. The smallest absolute Gasteiger partial charge is 0.298 e. The van der Waals surface area contributed by atoms with Crippen LogP contribution >= 0.6 is 34.5 Å². The molecule has 0 spiro atoms. The van der Waals surface area contributed by atoms with Gasteiger partial charge in [0.2, 0.25) is 5.91 Å². The number of hydrogen-bond acceptors (Lipinski definition) is 4. The van der Waals surface area contributed by atoms with Crippen molar-refractivity contribution in [2.75, 3.05) is 24.5 Å². The monoisotopic (exact) mass is 435 g/mol. The maximum atomic E-state index is 13.0. The number of piperazine rings is 1. The Morgan fingerprint density at radius 3 is 2.75 bits per heavy atom. The van der Waals surface area contributed by atoms with Gasteiger partial charge in [0.05, 0.1) is 23.1 Å². The highest BCUT2D eigenvalue weighted by Crippen LogP contribution is 2.29. The lowest BCUT2D eigenvalue weighted by molar-refractivity contribution is -0.128. The third kappa shape index (κ3) is 4.79. The first-order valence-corrected chi connectivity index (χ1v) is 10.4. The van der Waals surface area contributed by atoms with Crippen LogP contribution in [0.4, 0.5) is 5.69 Å². The number of nitrogens with zero attached hydrogens (tertiary/aromatic N) is 2. The molecule has 2 heterocycles. The first kappa shape index (κ1) is 20.5. The van der Waals surface area contributed by atoms with Gasteiger partial charge in [-0.3, -0.25) is 9.59 Å². The molecule has 1 atom stereocenters. The van der Waals surface area contributed by atoms with E-state index in [0.717, 1.165) is 10.6 Å². The Labute approximate surface area is 178 Å². The standard InChI is InChI=1S/C20H19Cl2N3O2S/c1-2-4-19(26)24-8-9-25(14-6-7-16(21)17(22)11-14)18(13-24)20(27)23-12-15-5-3-10-28-15/h3,5-7,10-11,18H,8-9,12-13H2,1H3,(H,23,27)/t18-/m0/s1. The van der Waals surface area contributed by atoms with Crippen molar-refractivity contribution in [3.8, 4) is 11.8 Å². The molecule has 1 aromatic heterocycles. The second kappa shape index (κ2) is 9.33. The molecular weight excluding hydrogens is 417 g/mol. The zero-order chi connectivity index (χ0) is 20.1. The van der Waals surface area contributed by atoms with Gasteiger partial charge >= 0.3 is 0 Å². The van der Waals surface area contributed by atoms with Crippen molar-refractivity contribution in [2.45, 2.75) is 19.5 Å². The second-order valence-corrected chi connectivity index (χ2v) is 8.08. The van der Waals surface area contributed by atoms with E-state index < -0.39 is 6.04 Å². The zero-order valence-electron chi connectivity index (χ0n) is 15.2. The SMILES string of the molecule is CC#CC(=O)N1CCN(c2ccc(Cl)c(Cl)c2)[C@H](C(=O)NCc2cccs2)C1. The van der Waals surface area contributed by atoms with E-state index in [9.17, 15) is 9.59 Å². The van der Waals surface area contributed by atoms with Crippen LogP contribution in [0.3, 0.4) is 0 Å². The van der Waals surface area contributed by atoms with E-state index in [-0.39, 0.29) is 18.4 Å². The largest absolute Gasteiger partial charge is 0.356 e. The van der Waals surface area contributed by atoms with Crippen molar-refractivity contribution >= 4 is 52.0 Å². The van der Waals surface area contributed by atoms with Crippen molar-refractivity contribution in [1.82, 2.24) is 10.2 Å². The van der Waals surface area contributed by atoms with Gasteiger partial charge in [-0.1, -0.05) is 35.2 Å². The summed E-state index contributed by atoms with van der Waals surface area (Å²) in [5.74, 6) is 4.75. The molecule has 0 aliphatic carbocycles. The normalized spacial score (nSPS) is 16.3. The van der Waals surface area contributed by atoms with Crippen LogP contribution in [0.25, 0.3) is 0 Å². The van der Waals surface area contributed by atoms with Crippen LogP contribution in [0, 0.1) is 11.8 Å². The lowest BCUT2D eigenvalue weighted by Gasteiger charge is -2.41. The van der Waals surface area contributed by atoms with Crippen LogP contribution in [-0.4, -0.2) is 42.4 Å². The summed E-state index contributed by atoms with van der Waals surface area (Å²) in [4.78, 5) is 29.8. The summed E-state index contributed by atoms with van der Waals surface area (Å²) in [7, 11) is 0. The van der Waals surface area contributed by atoms with Gasteiger partial charge in [0.15, 0.2) is 0 Å². The lowest BCUT2D eigenvalue weighted by Crippen LogP contribution is -2.60. The lowest BCUT2D eigenvalue weighted by atomic mass is 10.1. The van der Waals surface area contributed by atoms with Crippen LogP contribution in [0.15, 0.2) is 35.7 Å². The Kier molecular flexibility index (Phi) is 6.84. The van der Waals surface area contributed by atoms with E-state index >= 15 is 0 Å². The molecule has 2 amide bonds. The van der Waals surface area contributed by atoms with Gasteiger partial charge in [-0.2, -0.15) is 0 Å². The van der Waals surface area contributed by atoms with Crippen LogP contribution in [-0.2, 0) is 16.1 Å². The molecule has 0 saturated carbocycles. The summed E-state index contributed by atoms with van der Waals surface area (Å²) in [6.45, 7) is 3.29. The summed E-state index contributed by atoms with van der Waals surface area (Å²) >= 11 is 13.8. The predicted octanol–water partition coefficient (Wildman–Crippen LogP) is 3.41. The van der Waals surface area contributed by atoms with Gasteiger partial charge < -0.3 is 15.1 Å². The number of halogens is 2. The van der Waals surface area contributed by atoms with E-state index in [4.69, 9.17) is 23.2 Å². The van der Waals surface area contributed by atoms with Crippen molar-refractivity contribution in [1.29, 1.82) is 0 Å². The number of thiophene rings is 1. The number of anilines is 1. The molecule has 1 fully saturated rings. The zero-order valence-corrected chi connectivity index (χ0v) is 17.6. The fraction of sp³-hybridized carbons (Fsp3) is 0.300. The van der Waals surface area contributed by atoms with Crippen LogP contribution < -0.4 is 10.2 Å². The van der Waals surface area contributed by atoms with E-state index in [2.05, 4.69) is 17.2 Å². The number of nitrogens with one attached hydrogen (secondary N) is 1.